The molecule has 0 N–H and O–H groups in total. The molecule has 7 nitrogen and oxygen atoms in total. The van der Waals surface area contributed by atoms with Crippen molar-refractivity contribution in [2.24, 2.45) is 0 Å². The van der Waals surface area contributed by atoms with Gasteiger partial charge in [-0.1, -0.05) is 55.5 Å². The molecular weight excluding hydrogens is 460 g/mol. The minimum atomic E-state index is 0.0870. The van der Waals surface area contributed by atoms with E-state index in [1.807, 2.05) is 76.4 Å². The lowest BCUT2D eigenvalue weighted by Crippen LogP contribution is -2.35. The highest BCUT2D eigenvalue weighted by Crippen LogP contribution is 2.27. The minimum absolute atomic E-state index is 0.0870. The monoisotopic (exact) mass is 490 g/mol. The van der Waals surface area contributed by atoms with Crippen molar-refractivity contribution < 1.29 is 4.79 Å². The van der Waals surface area contributed by atoms with E-state index in [2.05, 4.69) is 29.1 Å². The summed E-state index contributed by atoms with van der Waals surface area (Å²) in [6.45, 7) is 5.06. The van der Waals surface area contributed by atoms with Gasteiger partial charge in [0.05, 0.1) is 17.3 Å². The molecule has 0 aliphatic carbocycles. The first-order valence-electron chi connectivity index (χ1n) is 13.0. The van der Waals surface area contributed by atoms with Crippen LogP contribution in [0.2, 0.25) is 0 Å². The molecule has 1 amide bonds. The van der Waals surface area contributed by atoms with Crippen LogP contribution < -0.4 is 4.90 Å². The van der Waals surface area contributed by atoms with Crippen molar-refractivity contribution in [3.63, 3.8) is 0 Å². The highest BCUT2D eigenvalue weighted by Gasteiger charge is 2.24. The normalized spacial score (nSPS) is 14.3. The summed E-state index contributed by atoms with van der Waals surface area (Å²) >= 11 is 0. The number of hydrogen-bond acceptors (Lipinski definition) is 5. The van der Waals surface area contributed by atoms with Crippen LogP contribution in [0, 0.1) is 0 Å². The fourth-order valence-electron chi connectivity index (χ4n) is 5.11. The van der Waals surface area contributed by atoms with Crippen LogP contribution in [0.15, 0.2) is 79.0 Å². The maximum absolute atomic E-state index is 13.4. The smallest absolute Gasteiger partial charge is 0.253 e. The Morgan fingerprint density at radius 3 is 2.51 bits per heavy atom. The molecule has 1 saturated heterocycles. The van der Waals surface area contributed by atoms with Crippen LogP contribution in [0.1, 0.15) is 35.9 Å². The van der Waals surface area contributed by atoms with Crippen LogP contribution in [-0.2, 0) is 6.42 Å². The number of carbonyl (C=O) groups is 1. The standard InChI is InChI=1S/C30H30N6O/c1-2-9-27-32-28(26-21-31-36(29(26)33-27)25-12-4-3-5-13-25)34-16-8-17-35(19-18-34)30(37)24-15-14-22-10-6-7-11-23(22)20-24/h3-7,10-15,20-21H,2,8-9,16-19H2,1H3. The lowest BCUT2D eigenvalue weighted by molar-refractivity contribution is 0.0767. The van der Waals surface area contributed by atoms with E-state index in [9.17, 15) is 4.79 Å². The lowest BCUT2D eigenvalue weighted by atomic mass is 10.1. The maximum atomic E-state index is 13.4. The molecule has 0 spiro atoms. The third kappa shape index (κ3) is 4.53. The predicted molar refractivity (Wildman–Crippen MR) is 147 cm³/mol. The zero-order valence-corrected chi connectivity index (χ0v) is 21.0. The molecule has 1 aliphatic rings. The average molecular weight is 491 g/mol. The number of benzene rings is 3. The largest absolute Gasteiger partial charge is 0.354 e. The molecule has 5 aromatic rings. The van der Waals surface area contributed by atoms with Gasteiger partial charge in [0, 0.05) is 38.2 Å². The Kier molecular flexibility index (Phi) is 6.26. The summed E-state index contributed by atoms with van der Waals surface area (Å²) in [5.74, 6) is 1.83. The number of rotatable bonds is 5. The van der Waals surface area contributed by atoms with Crippen molar-refractivity contribution in [2.45, 2.75) is 26.2 Å². The number of aryl methyl sites for hydroxylation is 1. The fourth-order valence-corrected chi connectivity index (χ4v) is 5.11. The minimum Gasteiger partial charge on any atom is -0.354 e. The Hall–Kier alpha value is -4.26. The quantitative estimate of drug-likeness (QED) is 0.336. The second kappa shape index (κ2) is 10.0. The van der Waals surface area contributed by atoms with Gasteiger partial charge < -0.3 is 9.80 Å². The summed E-state index contributed by atoms with van der Waals surface area (Å²) in [5.41, 5.74) is 2.55. The summed E-state index contributed by atoms with van der Waals surface area (Å²) in [6.07, 6.45) is 4.53. The van der Waals surface area contributed by atoms with Crippen molar-refractivity contribution in [1.82, 2.24) is 24.6 Å². The van der Waals surface area contributed by atoms with Crippen molar-refractivity contribution in [2.75, 3.05) is 31.1 Å². The molecule has 0 radical (unpaired) electrons. The molecule has 2 aromatic heterocycles. The molecule has 3 aromatic carbocycles. The number of anilines is 1. The first kappa shape index (κ1) is 23.2. The first-order valence-corrected chi connectivity index (χ1v) is 13.0. The molecule has 0 saturated carbocycles. The molecule has 1 fully saturated rings. The first-order chi connectivity index (χ1) is 18.2. The molecule has 0 unspecified atom stereocenters. The summed E-state index contributed by atoms with van der Waals surface area (Å²) in [5, 5.41) is 7.85. The van der Waals surface area contributed by atoms with Crippen molar-refractivity contribution in [1.29, 1.82) is 0 Å². The van der Waals surface area contributed by atoms with Gasteiger partial charge in [-0.2, -0.15) is 5.10 Å². The highest BCUT2D eigenvalue weighted by molar-refractivity contribution is 5.98. The third-order valence-corrected chi connectivity index (χ3v) is 7.01. The summed E-state index contributed by atoms with van der Waals surface area (Å²) in [6, 6.07) is 24.2. The zero-order chi connectivity index (χ0) is 25.2. The molecule has 1 aliphatic heterocycles. The van der Waals surface area contributed by atoms with Crippen molar-refractivity contribution in [3.8, 4) is 5.69 Å². The van der Waals surface area contributed by atoms with Gasteiger partial charge in [0.25, 0.3) is 5.91 Å². The number of fused-ring (bicyclic) bond motifs is 2. The van der Waals surface area contributed by atoms with Crippen molar-refractivity contribution >= 4 is 33.5 Å². The third-order valence-electron chi connectivity index (χ3n) is 7.01. The van der Waals surface area contributed by atoms with Crippen LogP contribution in [0.5, 0.6) is 0 Å². The Bertz CT molecular complexity index is 1560. The number of para-hydroxylation sites is 1. The molecule has 0 bridgehead atoms. The second-order valence-electron chi connectivity index (χ2n) is 9.54. The number of amides is 1. The molecule has 186 valence electrons. The molecular formula is C30H30N6O. The van der Waals surface area contributed by atoms with Gasteiger partial charge in [-0.05, 0) is 47.9 Å². The van der Waals surface area contributed by atoms with Gasteiger partial charge in [0.1, 0.15) is 11.6 Å². The molecule has 3 heterocycles. The van der Waals surface area contributed by atoms with Crippen molar-refractivity contribution in [3.05, 3.63) is 90.4 Å². The second-order valence-corrected chi connectivity index (χ2v) is 9.54. The molecule has 7 heteroatoms. The van der Waals surface area contributed by atoms with Gasteiger partial charge in [-0.15, -0.1) is 0 Å². The van der Waals surface area contributed by atoms with Gasteiger partial charge in [-0.3, -0.25) is 4.79 Å². The Labute approximate surface area is 216 Å². The zero-order valence-electron chi connectivity index (χ0n) is 21.0. The summed E-state index contributed by atoms with van der Waals surface area (Å²) in [7, 11) is 0. The molecule has 37 heavy (non-hydrogen) atoms. The number of hydrogen-bond donors (Lipinski definition) is 0. The van der Waals surface area contributed by atoms with Gasteiger partial charge in [-0.25, -0.2) is 14.6 Å². The lowest BCUT2D eigenvalue weighted by Gasteiger charge is -2.24. The van der Waals surface area contributed by atoms with E-state index >= 15 is 0 Å². The van der Waals surface area contributed by atoms with E-state index in [-0.39, 0.29) is 5.91 Å². The van der Waals surface area contributed by atoms with E-state index < -0.39 is 0 Å². The van der Waals surface area contributed by atoms with Crippen LogP contribution in [0.25, 0.3) is 27.5 Å². The van der Waals surface area contributed by atoms with E-state index in [0.29, 0.717) is 13.1 Å². The average Bonchev–Trinajstić information content (AvgIpc) is 3.21. The van der Waals surface area contributed by atoms with Crippen LogP contribution in [0.3, 0.4) is 0 Å². The topological polar surface area (TPSA) is 67.2 Å². The van der Waals surface area contributed by atoms with E-state index in [0.717, 1.165) is 77.1 Å². The van der Waals surface area contributed by atoms with Crippen LogP contribution in [0.4, 0.5) is 5.82 Å². The number of nitrogens with zero attached hydrogens (tertiary/aromatic N) is 6. The van der Waals surface area contributed by atoms with E-state index in [1.165, 1.54) is 0 Å². The predicted octanol–water partition coefficient (Wildman–Crippen LogP) is 5.27. The van der Waals surface area contributed by atoms with Gasteiger partial charge in [0.2, 0.25) is 0 Å². The molecule has 6 rings (SSSR count). The van der Waals surface area contributed by atoms with Crippen LogP contribution in [-0.4, -0.2) is 56.7 Å². The fraction of sp³-hybridized carbons (Fsp3) is 0.267. The van der Waals surface area contributed by atoms with E-state index in [4.69, 9.17) is 9.97 Å². The summed E-state index contributed by atoms with van der Waals surface area (Å²) < 4.78 is 1.90. The maximum Gasteiger partial charge on any atom is 0.253 e. The number of aromatic nitrogens is 4. The Balaban J connectivity index is 1.29. The SMILES string of the molecule is CCCc1nc(N2CCCN(C(=O)c3ccc4ccccc4c3)CC2)c2cnn(-c3ccccc3)c2n1. The Morgan fingerprint density at radius 2 is 1.68 bits per heavy atom. The number of carbonyl (C=O) groups excluding carboxylic acids is 1. The van der Waals surface area contributed by atoms with E-state index in [1.54, 1.807) is 0 Å². The summed E-state index contributed by atoms with van der Waals surface area (Å²) in [4.78, 5) is 27.6. The molecule has 0 atom stereocenters. The van der Waals surface area contributed by atoms with Gasteiger partial charge >= 0.3 is 0 Å². The highest BCUT2D eigenvalue weighted by atomic mass is 16.2. The van der Waals surface area contributed by atoms with Crippen LogP contribution >= 0.6 is 0 Å². The van der Waals surface area contributed by atoms with Gasteiger partial charge in [0.15, 0.2) is 5.65 Å². The Morgan fingerprint density at radius 1 is 0.865 bits per heavy atom.